The fourth-order valence-electron chi connectivity index (χ4n) is 1.77. The lowest BCUT2D eigenvalue weighted by molar-refractivity contribution is 0.357. The minimum Gasteiger partial charge on any atom is -0.298 e. The van der Waals surface area contributed by atoms with Crippen LogP contribution in [0.4, 0.5) is 0 Å². The molecule has 92 valence electrons. The van der Waals surface area contributed by atoms with Gasteiger partial charge in [0.05, 0.1) is 0 Å². The fourth-order valence-corrected chi connectivity index (χ4v) is 1.77. The van der Waals surface area contributed by atoms with Crippen molar-refractivity contribution < 1.29 is 0 Å². The van der Waals surface area contributed by atoms with Crippen LogP contribution in [-0.2, 0) is 6.54 Å². The summed E-state index contributed by atoms with van der Waals surface area (Å²) in [7, 11) is 2.16. The van der Waals surface area contributed by atoms with E-state index in [0.717, 1.165) is 19.5 Å². The summed E-state index contributed by atoms with van der Waals surface area (Å²) in [5.74, 6) is 0. The van der Waals surface area contributed by atoms with Crippen molar-refractivity contribution in [2.75, 3.05) is 13.6 Å². The molecular formula is C16H23N. The second-order valence-electron chi connectivity index (χ2n) is 4.33. The molecule has 0 aliphatic heterocycles. The standard InChI is InChI=1S/C16H23N/c1-4-6-10-15(5-2)13-17(3)14-16-11-8-7-9-12-16/h5-12H,4,13-14H2,1-3H3/b10-6-,15-5+. The molecule has 1 heteroatoms. The maximum absolute atomic E-state index is 2.34. The van der Waals surface area contributed by atoms with Gasteiger partial charge >= 0.3 is 0 Å². The van der Waals surface area contributed by atoms with Crippen molar-refractivity contribution in [3.63, 3.8) is 0 Å². The summed E-state index contributed by atoms with van der Waals surface area (Å²) in [6.45, 7) is 6.27. The van der Waals surface area contributed by atoms with E-state index in [0.29, 0.717) is 0 Å². The van der Waals surface area contributed by atoms with Crippen molar-refractivity contribution in [3.8, 4) is 0 Å². The zero-order valence-electron chi connectivity index (χ0n) is 11.2. The van der Waals surface area contributed by atoms with Gasteiger partial charge in [-0.1, -0.05) is 55.5 Å². The van der Waals surface area contributed by atoms with Crippen molar-refractivity contribution in [2.45, 2.75) is 26.8 Å². The van der Waals surface area contributed by atoms with Gasteiger partial charge in [0.2, 0.25) is 0 Å². The molecule has 1 aromatic rings. The zero-order valence-corrected chi connectivity index (χ0v) is 11.2. The average molecular weight is 229 g/mol. The minimum atomic E-state index is 0.998. The molecule has 0 saturated heterocycles. The van der Waals surface area contributed by atoms with Crippen molar-refractivity contribution in [3.05, 3.63) is 59.7 Å². The third kappa shape index (κ3) is 5.50. The molecule has 0 radical (unpaired) electrons. The Morgan fingerprint density at radius 2 is 1.94 bits per heavy atom. The van der Waals surface area contributed by atoms with E-state index in [1.165, 1.54) is 11.1 Å². The number of nitrogens with zero attached hydrogens (tertiary/aromatic N) is 1. The molecule has 0 unspecified atom stereocenters. The molecule has 17 heavy (non-hydrogen) atoms. The Morgan fingerprint density at radius 3 is 2.53 bits per heavy atom. The molecule has 0 spiro atoms. The number of hydrogen-bond donors (Lipinski definition) is 0. The number of benzene rings is 1. The quantitative estimate of drug-likeness (QED) is 0.666. The number of rotatable bonds is 6. The normalized spacial score (nSPS) is 12.6. The van der Waals surface area contributed by atoms with Gasteiger partial charge in [0.15, 0.2) is 0 Å². The van der Waals surface area contributed by atoms with Gasteiger partial charge in [-0.15, -0.1) is 0 Å². The van der Waals surface area contributed by atoms with Crippen molar-refractivity contribution in [1.29, 1.82) is 0 Å². The molecule has 0 aromatic heterocycles. The second-order valence-corrected chi connectivity index (χ2v) is 4.33. The maximum atomic E-state index is 2.34. The summed E-state index contributed by atoms with van der Waals surface area (Å²) < 4.78 is 0. The Hall–Kier alpha value is -1.34. The molecule has 0 heterocycles. The molecule has 1 aromatic carbocycles. The topological polar surface area (TPSA) is 3.24 Å². The second kappa shape index (κ2) is 7.86. The lowest BCUT2D eigenvalue weighted by Crippen LogP contribution is -2.20. The number of hydrogen-bond acceptors (Lipinski definition) is 1. The molecule has 0 bridgehead atoms. The lowest BCUT2D eigenvalue weighted by Gasteiger charge is -2.17. The smallest absolute Gasteiger partial charge is 0.0234 e. The monoisotopic (exact) mass is 229 g/mol. The van der Waals surface area contributed by atoms with Crippen LogP contribution in [0.3, 0.4) is 0 Å². The molecule has 0 amide bonds. The van der Waals surface area contributed by atoms with E-state index in [1.807, 2.05) is 0 Å². The number of allylic oxidation sites excluding steroid dienone is 2. The SMILES string of the molecule is C/C=C(\C=C/CC)CN(C)Cc1ccccc1. The lowest BCUT2D eigenvalue weighted by atomic mass is 10.2. The summed E-state index contributed by atoms with van der Waals surface area (Å²) in [6.07, 6.45) is 7.72. The van der Waals surface area contributed by atoms with E-state index in [4.69, 9.17) is 0 Å². The first-order chi connectivity index (χ1) is 8.26. The molecule has 1 nitrogen and oxygen atoms in total. The maximum Gasteiger partial charge on any atom is 0.0234 e. The van der Waals surface area contributed by atoms with Crippen LogP contribution in [0.5, 0.6) is 0 Å². The Labute approximate surface area is 105 Å². The Balaban J connectivity index is 2.49. The summed E-state index contributed by atoms with van der Waals surface area (Å²) in [5, 5.41) is 0. The highest BCUT2D eigenvalue weighted by Gasteiger charge is 2.01. The third-order valence-electron chi connectivity index (χ3n) is 2.69. The Kier molecular flexibility index (Phi) is 6.34. The van der Waals surface area contributed by atoms with Gasteiger partial charge in [-0.2, -0.15) is 0 Å². The molecule has 0 N–H and O–H groups in total. The van der Waals surface area contributed by atoms with Crippen LogP contribution in [0.15, 0.2) is 54.1 Å². The summed E-state index contributed by atoms with van der Waals surface area (Å²) in [6, 6.07) is 10.6. The van der Waals surface area contributed by atoms with E-state index in [9.17, 15) is 0 Å². The summed E-state index contributed by atoms with van der Waals surface area (Å²) in [4.78, 5) is 2.34. The van der Waals surface area contributed by atoms with Crippen LogP contribution in [0, 0.1) is 0 Å². The van der Waals surface area contributed by atoms with Gasteiger partial charge in [0.25, 0.3) is 0 Å². The van der Waals surface area contributed by atoms with Crippen molar-refractivity contribution >= 4 is 0 Å². The van der Waals surface area contributed by atoms with E-state index in [2.05, 4.69) is 74.4 Å². The molecule has 0 atom stereocenters. The number of likely N-dealkylation sites (N-methyl/N-ethyl adjacent to an activating group) is 1. The van der Waals surface area contributed by atoms with Gasteiger partial charge in [0.1, 0.15) is 0 Å². The van der Waals surface area contributed by atoms with Crippen LogP contribution in [-0.4, -0.2) is 18.5 Å². The van der Waals surface area contributed by atoms with E-state index in [-0.39, 0.29) is 0 Å². The van der Waals surface area contributed by atoms with E-state index >= 15 is 0 Å². The Morgan fingerprint density at radius 1 is 1.24 bits per heavy atom. The van der Waals surface area contributed by atoms with Gasteiger partial charge in [0, 0.05) is 13.1 Å². The predicted octanol–water partition coefficient (Wildman–Crippen LogP) is 4.03. The first-order valence-electron chi connectivity index (χ1n) is 6.30. The van der Waals surface area contributed by atoms with E-state index < -0.39 is 0 Å². The minimum absolute atomic E-state index is 0.998. The van der Waals surface area contributed by atoms with Gasteiger partial charge < -0.3 is 0 Å². The first kappa shape index (κ1) is 13.7. The van der Waals surface area contributed by atoms with Crippen LogP contribution in [0.1, 0.15) is 25.8 Å². The molecule has 1 rings (SSSR count). The Bertz CT molecular complexity index is 362. The molecular weight excluding hydrogens is 206 g/mol. The fraction of sp³-hybridized carbons (Fsp3) is 0.375. The largest absolute Gasteiger partial charge is 0.298 e. The summed E-state index contributed by atoms with van der Waals surface area (Å²) in [5.41, 5.74) is 2.75. The predicted molar refractivity (Wildman–Crippen MR) is 76.0 cm³/mol. The third-order valence-corrected chi connectivity index (χ3v) is 2.69. The molecule has 0 aliphatic rings. The van der Waals surface area contributed by atoms with Gasteiger partial charge in [-0.3, -0.25) is 4.90 Å². The van der Waals surface area contributed by atoms with Crippen LogP contribution in [0.2, 0.25) is 0 Å². The molecule has 0 fully saturated rings. The molecule has 0 saturated carbocycles. The zero-order chi connectivity index (χ0) is 12.5. The van der Waals surface area contributed by atoms with Crippen molar-refractivity contribution in [2.24, 2.45) is 0 Å². The molecule has 0 aliphatic carbocycles. The van der Waals surface area contributed by atoms with Crippen LogP contribution >= 0.6 is 0 Å². The van der Waals surface area contributed by atoms with Crippen LogP contribution < -0.4 is 0 Å². The summed E-state index contributed by atoms with van der Waals surface area (Å²) >= 11 is 0. The highest BCUT2D eigenvalue weighted by Crippen LogP contribution is 2.06. The van der Waals surface area contributed by atoms with E-state index in [1.54, 1.807) is 0 Å². The average Bonchev–Trinajstić information content (AvgIpc) is 2.35. The van der Waals surface area contributed by atoms with Crippen LogP contribution in [0.25, 0.3) is 0 Å². The highest BCUT2D eigenvalue weighted by molar-refractivity contribution is 5.20. The highest BCUT2D eigenvalue weighted by atomic mass is 15.1. The van der Waals surface area contributed by atoms with Crippen molar-refractivity contribution in [1.82, 2.24) is 4.90 Å². The van der Waals surface area contributed by atoms with Gasteiger partial charge in [-0.05, 0) is 31.5 Å². The van der Waals surface area contributed by atoms with Gasteiger partial charge in [-0.25, -0.2) is 0 Å². The first-order valence-corrected chi connectivity index (χ1v) is 6.30.